The summed E-state index contributed by atoms with van der Waals surface area (Å²) in [5, 5.41) is 26.0. The predicted octanol–water partition coefficient (Wildman–Crippen LogP) is -0.136. The molecule has 3 N–H and O–H groups in total. The number of phenols is 1. The Bertz CT molecular complexity index is 305. The van der Waals surface area contributed by atoms with E-state index >= 15 is 0 Å². The zero-order valence-electron chi connectivity index (χ0n) is 5.83. The van der Waals surface area contributed by atoms with Crippen LogP contribution in [0.15, 0.2) is 12.1 Å². The van der Waals surface area contributed by atoms with Crippen molar-refractivity contribution < 1.29 is 19.5 Å². The molecule has 1 rings (SSSR count). The Morgan fingerprint density at radius 1 is 1.33 bits per heavy atom. The summed E-state index contributed by atoms with van der Waals surface area (Å²) in [5.41, 5.74) is -0.174. The SMILES string of the molecule is OB(O)c1cc(F)c(O)cc1Cl. The molecule has 6 heteroatoms. The molecule has 0 unspecified atom stereocenters. The van der Waals surface area contributed by atoms with Crippen LogP contribution in [0.5, 0.6) is 5.75 Å². The highest BCUT2D eigenvalue weighted by Gasteiger charge is 2.17. The van der Waals surface area contributed by atoms with Gasteiger partial charge < -0.3 is 15.2 Å². The molecule has 0 spiro atoms. The first-order valence-electron chi connectivity index (χ1n) is 3.06. The van der Waals surface area contributed by atoms with E-state index in [1.807, 2.05) is 0 Å². The zero-order chi connectivity index (χ0) is 9.30. The van der Waals surface area contributed by atoms with Crippen LogP contribution >= 0.6 is 11.6 Å². The van der Waals surface area contributed by atoms with E-state index in [1.54, 1.807) is 0 Å². The summed E-state index contributed by atoms with van der Waals surface area (Å²) in [6.07, 6.45) is 0. The highest BCUT2D eigenvalue weighted by molar-refractivity contribution is 6.62. The lowest BCUT2D eigenvalue weighted by Gasteiger charge is -2.03. The van der Waals surface area contributed by atoms with Crippen LogP contribution in [0.4, 0.5) is 4.39 Å². The Labute approximate surface area is 73.2 Å². The van der Waals surface area contributed by atoms with Crippen LogP contribution in [0, 0.1) is 5.82 Å². The van der Waals surface area contributed by atoms with Crippen LogP contribution in [-0.2, 0) is 0 Å². The summed E-state index contributed by atoms with van der Waals surface area (Å²) in [7, 11) is -1.84. The first-order chi connectivity index (χ1) is 5.52. The summed E-state index contributed by atoms with van der Waals surface area (Å²) in [5.74, 6) is -1.56. The van der Waals surface area contributed by atoms with Crippen LogP contribution in [0.3, 0.4) is 0 Å². The number of hydrogen-bond acceptors (Lipinski definition) is 3. The molecule has 0 aliphatic rings. The molecule has 0 aliphatic carbocycles. The molecule has 0 aromatic heterocycles. The fourth-order valence-electron chi connectivity index (χ4n) is 0.750. The van der Waals surface area contributed by atoms with Gasteiger partial charge in [0, 0.05) is 16.6 Å². The second-order valence-electron chi connectivity index (χ2n) is 2.20. The third kappa shape index (κ3) is 1.69. The molecule has 0 radical (unpaired) electrons. The van der Waals surface area contributed by atoms with Gasteiger partial charge >= 0.3 is 7.12 Å². The van der Waals surface area contributed by atoms with Crippen LogP contribution in [-0.4, -0.2) is 22.3 Å². The average Bonchev–Trinajstić information content (AvgIpc) is 1.96. The van der Waals surface area contributed by atoms with Crippen molar-refractivity contribution >= 4 is 24.2 Å². The molecular weight excluding hydrogens is 185 g/mol. The largest absolute Gasteiger partial charge is 0.505 e. The van der Waals surface area contributed by atoms with E-state index in [9.17, 15) is 4.39 Å². The molecule has 0 aliphatic heterocycles. The Morgan fingerprint density at radius 2 is 1.92 bits per heavy atom. The minimum Gasteiger partial charge on any atom is -0.505 e. The van der Waals surface area contributed by atoms with Crippen LogP contribution < -0.4 is 5.46 Å². The first-order valence-corrected chi connectivity index (χ1v) is 3.44. The van der Waals surface area contributed by atoms with E-state index in [1.165, 1.54) is 0 Å². The second-order valence-corrected chi connectivity index (χ2v) is 2.61. The summed E-state index contributed by atoms with van der Waals surface area (Å²) in [6.45, 7) is 0. The van der Waals surface area contributed by atoms with Crippen LogP contribution in [0.25, 0.3) is 0 Å². The fraction of sp³-hybridized carbons (Fsp3) is 0. The molecule has 3 nitrogen and oxygen atoms in total. The molecule has 0 heterocycles. The number of phenolic OH excluding ortho intramolecular Hbond substituents is 1. The van der Waals surface area contributed by atoms with Crippen molar-refractivity contribution in [1.82, 2.24) is 0 Å². The van der Waals surface area contributed by atoms with E-state index in [0.29, 0.717) is 0 Å². The Hall–Kier alpha value is -0.775. The van der Waals surface area contributed by atoms with Gasteiger partial charge in [0.25, 0.3) is 0 Å². The van der Waals surface area contributed by atoms with Gasteiger partial charge in [0.15, 0.2) is 11.6 Å². The van der Waals surface area contributed by atoms with Gasteiger partial charge in [-0.1, -0.05) is 11.6 Å². The Kier molecular flexibility index (Phi) is 2.57. The molecule has 1 aromatic carbocycles. The highest BCUT2D eigenvalue weighted by Crippen LogP contribution is 2.18. The molecule has 64 valence electrons. The normalized spacial score (nSPS) is 10.0. The van der Waals surface area contributed by atoms with E-state index in [2.05, 4.69) is 0 Å². The van der Waals surface area contributed by atoms with E-state index < -0.39 is 18.7 Å². The molecule has 0 fully saturated rings. The number of rotatable bonds is 1. The molecule has 1 aromatic rings. The molecular formula is C6H5BClFO3. The van der Waals surface area contributed by atoms with E-state index in [0.717, 1.165) is 12.1 Å². The van der Waals surface area contributed by atoms with Gasteiger partial charge in [-0.15, -0.1) is 0 Å². The molecule has 0 bridgehead atoms. The molecule has 12 heavy (non-hydrogen) atoms. The predicted molar refractivity (Wildman–Crippen MR) is 42.9 cm³/mol. The number of aromatic hydroxyl groups is 1. The minimum absolute atomic E-state index is 0.0936. The quantitative estimate of drug-likeness (QED) is 0.540. The standard InChI is InChI=1S/C6H5BClFO3/c8-4-2-6(10)5(9)1-3(4)7(11)12/h1-2,10-12H. The lowest BCUT2D eigenvalue weighted by atomic mass is 9.80. The third-order valence-electron chi connectivity index (χ3n) is 1.34. The molecule has 0 saturated carbocycles. The van der Waals surface area contributed by atoms with Crippen LogP contribution in [0.2, 0.25) is 5.02 Å². The van der Waals surface area contributed by atoms with Gasteiger partial charge in [0.1, 0.15) is 0 Å². The second kappa shape index (κ2) is 3.31. The van der Waals surface area contributed by atoms with E-state index in [-0.39, 0.29) is 10.5 Å². The van der Waals surface area contributed by atoms with Gasteiger partial charge in [0.2, 0.25) is 0 Å². The van der Waals surface area contributed by atoms with Crippen LogP contribution in [0.1, 0.15) is 0 Å². The van der Waals surface area contributed by atoms with Crippen molar-refractivity contribution in [2.24, 2.45) is 0 Å². The summed E-state index contributed by atoms with van der Waals surface area (Å²) in [6, 6.07) is 1.67. The number of hydrogen-bond donors (Lipinski definition) is 3. The van der Waals surface area contributed by atoms with Gasteiger partial charge in [-0.25, -0.2) is 4.39 Å². The maximum absolute atomic E-state index is 12.6. The summed E-state index contributed by atoms with van der Waals surface area (Å²) >= 11 is 5.45. The van der Waals surface area contributed by atoms with Crippen molar-refractivity contribution in [2.75, 3.05) is 0 Å². The lowest BCUT2D eigenvalue weighted by molar-refractivity contribution is 0.422. The number of benzene rings is 1. The van der Waals surface area contributed by atoms with Gasteiger partial charge in [0.05, 0.1) is 0 Å². The van der Waals surface area contributed by atoms with Crippen molar-refractivity contribution in [3.05, 3.63) is 23.0 Å². The van der Waals surface area contributed by atoms with Crippen molar-refractivity contribution in [3.63, 3.8) is 0 Å². The molecule has 0 amide bonds. The van der Waals surface area contributed by atoms with Crippen molar-refractivity contribution in [3.8, 4) is 5.75 Å². The van der Waals surface area contributed by atoms with Crippen molar-refractivity contribution in [2.45, 2.75) is 0 Å². The molecule has 0 atom stereocenters. The maximum Gasteiger partial charge on any atom is 0.490 e. The Balaban J connectivity index is 3.23. The lowest BCUT2D eigenvalue weighted by Crippen LogP contribution is -2.31. The van der Waals surface area contributed by atoms with Gasteiger partial charge in [-0.3, -0.25) is 0 Å². The van der Waals surface area contributed by atoms with Gasteiger partial charge in [-0.2, -0.15) is 0 Å². The van der Waals surface area contributed by atoms with E-state index in [4.69, 9.17) is 26.8 Å². The first kappa shape index (κ1) is 9.31. The third-order valence-corrected chi connectivity index (χ3v) is 1.67. The topological polar surface area (TPSA) is 60.7 Å². The minimum atomic E-state index is -1.84. The molecule has 0 saturated heterocycles. The Morgan fingerprint density at radius 3 is 2.42 bits per heavy atom. The number of halogens is 2. The summed E-state index contributed by atoms with van der Waals surface area (Å²) < 4.78 is 12.6. The monoisotopic (exact) mass is 190 g/mol. The summed E-state index contributed by atoms with van der Waals surface area (Å²) in [4.78, 5) is 0. The average molecular weight is 190 g/mol. The maximum atomic E-state index is 12.6. The van der Waals surface area contributed by atoms with Gasteiger partial charge in [-0.05, 0) is 6.07 Å². The highest BCUT2D eigenvalue weighted by atomic mass is 35.5. The fourth-order valence-corrected chi connectivity index (χ4v) is 1.01. The zero-order valence-corrected chi connectivity index (χ0v) is 6.59. The van der Waals surface area contributed by atoms with Crippen molar-refractivity contribution in [1.29, 1.82) is 0 Å². The smallest absolute Gasteiger partial charge is 0.490 e.